The molecule has 1 unspecified atom stereocenters. The van der Waals surface area contributed by atoms with Gasteiger partial charge in [-0.15, -0.1) is 12.4 Å². The molecule has 3 rings (SSSR count). The van der Waals surface area contributed by atoms with Gasteiger partial charge in [-0.25, -0.2) is 0 Å². The minimum absolute atomic E-state index is 0. The number of rotatable bonds is 7. The monoisotopic (exact) mass is 353 g/mol. The highest BCUT2D eigenvalue weighted by Gasteiger charge is 2.18. The lowest BCUT2D eigenvalue weighted by atomic mass is 9.83. The predicted molar refractivity (Wildman–Crippen MR) is 112 cm³/mol. The summed E-state index contributed by atoms with van der Waals surface area (Å²) in [5, 5.41) is 6.08. The van der Waals surface area contributed by atoms with Crippen LogP contribution in [0, 0.1) is 0 Å². The maximum atomic E-state index is 3.38. The van der Waals surface area contributed by atoms with Gasteiger partial charge in [-0.1, -0.05) is 86.5 Å². The Bertz CT molecular complexity index is 782. The van der Waals surface area contributed by atoms with E-state index in [9.17, 15) is 0 Å². The summed E-state index contributed by atoms with van der Waals surface area (Å²) in [5.74, 6) is 0.471. The van der Waals surface area contributed by atoms with Crippen LogP contribution in [0.5, 0.6) is 0 Å². The van der Waals surface area contributed by atoms with Crippen LogP contribution < -0.4 is 5.32 Å². The summed E-state index contributed by atoms with van der Waals surface area (Å²) in [4.78, 5) is 0. The molecule has 0 bridgehead atoms. The van der Waals surface area contributed by atoms with Gasteiger partial charge < -0.3 is 5.32 Å². The number of fused-ring (bicyclic) bond motifs is 1. The smallest absolute Gasteiger partial charge is 0.0211 e. The average Bonchev–Trinajstić information content (AvgIpc) is 2.64. The van der Waals surface area contributed by atoms with E-state index >= 15 is 0 Å². The van der Waals surface area contributed by atoms with Crippen molar-refractivity contribution >= 4 is 23.2 Å². The molecule has 1 N–H and O–H groups in total. The summed E-state index contributed by atoms with van der Waals surface area (Å²) < 4.78 is 0. The number of unbranched alkanes of at least 4 members (excludes halogenated alkanes) is 1. The molecule has 3 aromatic rings. The second-order valence-corrected chi connectivity index (χ2v) is 6.49. The van der Waals surface area contributed by atoms with Crippen LogP contribution in [0.4, 0.5) is 0 Å². The highest BCUT2D eigenvalue weighted by Crippen LogP contribution is 2.35. The van der Waals surface area contributed by atoms with E-state index in [1.165, 1.54) is 46.7 Å². The van der Waals surface area contributed by atoms with E-state index in [1.807, 2.05) is 7.05 Å². The topological polar surface area (TPSA) is 12.0 Å². The molecule has 3 aromatic carbocycles. The van der Waals surface area contributed by atoms with E-state index in [4.69, 9.17) is 0 Å². The van der Waals surface area contributed by atoms with Crippen LogP contribution in [0.15, 0.2) is 66.7 Å². The lowest BCUT2D eigenvalue weighted by Gasteiger charge is -2.23. The third-order valence-electron chi connectivity index (χ3n) is 4.85. The molecule has 1 nitrogen and oxygen atoms in total. The number of halogens is 1. The van der Waals surface area contributed by atoms with Gasteiger partial charge in [-0.05, 0) is 40.9 Å². The molecule has 0 saturated carbocycles. The zero-order chi connectivity index (χ0) is 16.8. The van der Waals surface area contributed by atoms with E-state index in [-0.39, 0.29) is 12.4 Å². The van der Waals surface area contributed by atoms with Gasteiger partial charge in [0.2, 0.25) is 0 Å². The molecular weight excluding hydrogens is 326 g/mol. The van der Waals surface area contributed by atoms with Crippen molar-refractivity contribution in [3.8, 4) is 0 Å². The molecule has 25 heavy (non-hydrogen) atoms. The third kappa shape index (κ3) is 4.42. The van der Waals surface area contributed by atoms with E-state index in [0.29, 0.717) is 5.92 Å². The van der Waals surface area contributed by atoms with Crippen molar-refractivity contribution in [1.29, 1.82) is 0 Å². The first kappa shape index (κ1) is 19.5. The quantitative estimate of drug-likeness (QED) is 0.525. The minimum Gasteiger partial charge on any atom is -0.316 e. The molecule has 0 spiro atoms. The third-order valence-corrected chi connectivity index (χ3v) is 4.85. The van der Waals surface area contributed by atoms with Crippen molar-refractivity contribution in [3.05, 3.63) is 83.4 Å². The summed E-state index contributed by atoms with van der Waals surface area (Å²) in [7, 11) is 2.04. The van der Waals surface area contributed by atoms with Crippen LogP contribution >= 0.6 is 12.4 Å². The molecule has 0 amide bonds. The van der Waals surface area contributed by atoms with Crippen LogP contribution in [0.1, 0.15) is 48.8 Å². The van der Waals surface area contributed by atoms with Crippen LogP contribution in [-0.4, -0.2) is 7.05 Å². The Kier molecular flexibility index (Phi) is 7.49. The molecule has 0 heterocycles. The number of hydrogen-bond donors (Lipinski definition) is 1. The Balaban J connectivity index is 0.00000225. The fraction of sp³-hybridized carbons (Fsp3) is 0.304. The van der Waals surface area contributed by atoms with Crippen molar-refractivity contribution in [2.75, 3.05) is 7.05 Å². The Morgan fingerprint density at radius 1 is 0.880 bits per heavy atom. The van der Waals surface area contributed by atoms with Gasteiger partial charge in [0.25, 0.3) is 0 Å². The first-order valence-electron chi connectivity index (χ1n) is 9.05. The van der Waals surface area contributed by atoms with Gasteiger partial charge in [0.1, 0.15) is 0 Å². The molecule has 0 fully saturated rings. The molecule has 132 valence electrons. The molecule has 0 aliphatic carbocycles. The second kappa shape index (κ2) is 9.60. The highest BCUT2D eigenvalue weighted by atomic mass is 35.5. The van der Waals surface area contributed by atoms with Gasteiger partial charge in [0, 0.05) is 12.5 Å². The van der Waals surface area contributed by atoms with E-state index in [1.54, 1.807) is 0 Å². The van der Waals surface area contributed by atoms with E-state index < -0.39 is 0 Å². The summed E-state index contributed by atoms with van der Waals surface area (Å²) >= 11 is 0. The standard InChI is InChI=1S/C23H27N.ClH/c1-3-4-13-20(18-10-6-5-7-11-18)22-16-15-19-12-8-9-14-21(19)23(22)17-24-2;/h5-12,14-16,20,24H,3-4,13,17H2,1-2H3;1H. The zero-order valence-corrected chi connectivity index (χ0v) is 16.0. The predicted octanol–water partition coefficient (Wildman–Crippen LogP) is 6.30. The second-order valence-electron chi connectivity index (χ2n) is 6.49. The molecule has 0 saturated heterocycles. The average molecular weight is 354 g/mol. The first-order valence-corrected chi connectivity index (χ1v) is 9.05. The van der Waals surface area contributed by atoms with Gasteiger partial charge in [-0.2, -0.15) is 0 Å². The molecule has 0 aliphatic rings. The fourth-order valence-corrected chi connectivity index (χ4v) is 3.65. The SMILES string of the molecule is CCCCC(c1ccccc1)c1ccc2ccccc2c1CNC.Cl. The molecular formula is C23H28ClN. The summed E-state index contributed by atoms with van der Waals surface area (Å²) in [5.41, 5.74) is 4.35. The fourth-order valence-electron chi connectivity index (χ4n) is 3.65. The Morgan fingerprint density at radius 2 is 1.60 bits per heavy atom. The van der Waals surface area contributed by atoms with E-state index in [0.717, 1.165) is 6.54 Å². The van der Waals surface area contributed by atoms with Gasteiger partial charge in [-0.3, -0.25) is 0 Å². The van der Waals surface area contributed by atoms with Crippen molar-refractivity contribution < 1.29 is 0 Å². The van der Waals surface area contributed by atoms with Crippen LogP contribution in [-0.2, 0) is 6.54 Å². The minimum atomic E-state index is 0. The molecule has 0 aromatic heterocycles. The van der Waals surface area contributed by atoms with Crippen molar-refractivity contribution in [2.24, 2.45) is 0 Å². The maximum Gasteiger partial charge on any atom is 0.0211 e. The molecule has 0 radical (unpaired) electrons. The normalized spacial score (nSPS) is 11.9. The van der Waals surface area contributed by atoms with Crippen LogP contribution in [0.2, 0.25) is 0 Å². The Labute approximate surface area is 157 Å². The van der Waals surface area contributed by atoms with Crippen LogP contribution in [0.25, 0.3) is 10.8 Å². The lowest BCUT2D eigenvalue weighted by Crippen LogP contribution is -2.12. The molecule has 2 heteroatoms. The summed E-state index contributed by atoms with van der Waals surface area (Å²) in [6.45, 7) is 3.18. The Morgan fingerprint density at radius 3 is 2.32 bits per heavy atom. The first-order chi connectivity index (χ1) is 11.8. The van der Waals surface area contributed by atoms with Crippen molar-refractivity contribution in [3.63, 3.8) is 0 Å². The van der Waals surface area contributed by atoms with Gasteiger partial charge >= 0.3 is 0 Å². The van der Waals surface area contributed by atoms with Gasteiger partial charge in [0.15, 0.2) is 0 Å². The lowest BCUT2D eigenvalue weighted by molar-refractivity contribution is 0.643. The maximum absolute atomic E-state index is 3.38. The molecule has 1 atom stereocenters. The molecule has 0 aliphatic heterocycles. The number of hydrogen-bond acceptors (Lipinski definition) is 1. The zero-order valence-electron chi connectivity index (χ0n) is 15.2. The summed E-state index contributed by atoms with van der Waals surface area (Å²) in [6.07, 6.45) is 3.69. The van der Waals surface area contributed by atoms with Crippen LogP contribution in [0.3, 0.4) is 0 Å². The largest absolute Gasteiger partial charge is 0.316 e. The number of benzene rings is 3. The van der Waals surface area contributed by atoms with Crippen molar-refractivity contribution in [1.82, 2.24) is 5.32 Å². The Hall–Kier alpha value is -1.83. The highest BCUT2D eigenvalue weighted by molar-refractivity contribution is 5.87. The summed E-state index contributed by atoms with van der Waals surface area (Å²) in [6, 6.07) is 24.3. The van der Waals surface area contributed by atoms with E-state index in [2.05, 4.69) is 79.0 Å². The number of nitrogens with one attached hydrogen (secondary N) is 1. The van der Waals surface area contributed by atoms with Gasteiger partial charge in [0.05, 0.1) is 0 Å². The van der Waals surface area contributed by atoms with Crippen molar-refractivity contribution in [2.45, 2.75) is 38.6 Å².